The summed E-state index contributed by atoms with van der Waals surface area (Å²) in [5.41, 5.74) is 16.7. The number of aryl methyl sites for hydroxylation is 6. The van der Waals surface area contributed by atoms with Crippen molar-refractivity contribution in [1.29, 1.82) is 0 Å². The van der Waals surface area contributed by atoms with Crippen molar-refractivity contribution in [2.75, 3.05) is 0 Å². The summed E-state index contributed by atoms with van der Waals surface area (Å²) in [6, 6.07) is 22.6. The van der Waals surface area contributed by atoms with Crippen molar-refractivity contribution in [1.82, 2.24) is 4.98 Å². The lowest BCUT2D eigenvalue weighted by Crippen LogP contribution is -2.14. The Balaban J connectivity index is 1.50. The number of aromatic nitrogens is 1. The van der Waals surface area contributed by atoms with Crippen LogP contribution in [-0.2, 0) is 25.7 Å². The summed E-state index contributed by atoms with van der Waals surface area (Å²) in [6.07, 6.45) is 6.52. The summed E-state index contributed by atoms with van der Waals surface area (Å²) in [5, 5.41) is 0. The van der Waals surface area contributed by atoms with Gasteiger partial charge in [0, 0.05) is 11.8 Å². The first-order chi connectivity index (χ1) is 14.7. The van der Waals surface area contributed by atoms with Crippen LogP contribution in [-0.4, -0.2) is 4.98 Å². The maximum atomic E-state index is 4.78. The van der Waals surface area contributed by atoms with E-state index in [4.69, 9.17) is 4.98 Å². The third kappa shape index (κ3) is 2.65. The van der Waals surface area contributed by atoms with Crippen LogP contribution >= 0.6 is 0 Å². The summed E-state index contributed by atoms with van der Waals surface area (Å²) in [6.45, 7) is 4.39. The van der Waals surface area contributed by atoms with E-state index in [0.717, 1.165) is 31.4 Å². The van der Waals surface area contributed by atoms with Crippen molar-refractivity contribution in [2.45, 2.75) is 39.5 Å². The normalized spacial score (nSPS) is 13.8. The van der Waals surface area contributed by atoms with E-state index in [1.165, 1.54) is 61.2 Å². The second kappa shape index (κ2) is 6.67. The van der Waals surface area contributed by atoms with Crippen LogP contribution in [0.3, 0.4) is 0 Å². The topological polar surface area (TPSA) is 12.9 Å². The second-order valence-electron chi connectivity index (χ2n) is 8.82. The number of rotatable bonds is 2. The van der Waals surface area contributed by atoms with E-state index in [0.29, 0.717) is 0 Å². The average Bonchev–Trinajstić information content (AvgIpc) is 2.77. The quantitative estimate of drug-likeness (QED) is 0.365. The summed E-state index contributed by atoms with van der Waals surface area (Å²) in [5.74, 6) is 0. The second-order valence-corrected chi connectivity index (χ2v) is 8.82. The zero-order valence-corrected chi connectivity index (χ0v) is 17.6. The minimum Gasteiger partial charge on any atom is -0.256 e. The third-order valence-corrected chi connectivity index (χ3v) is 6.94. The van der Waals surface area contributed by atoms with Gasteiger partial charge in [0.05, 0.1) is 5.69 Å². The largest absolute Gasteiger partial charge is 0.256 e. The van der Waals surface area contributed by atoms with E-state index in [2.05, 4.69) is 74.5 Å². The van der Waals surface area contributed by atoms with Crippen LogP contribution in [0.1, 0.15) is 33.4 Å². The van der Waals surface area contributed by atoms with Crippen molar-refractivity contribution in [3.05, 3.63) is 100 Å². The Bertz CT molecular complexity index is 1240. The molecule has 0 radical (unpaired) electrons. The summed E-state index contributed by atoms with van der Waals surface area (Å²) in [7, 11) is 0. The minimum atomic E-state index is 1.08. The molecule has 0 saturated carbocycles. The van der Waals surface area contributed by atoms with Gasteiger partial charge in [-0.05, 0) is 119 Å². The van der Waals surface area contributed by atoms with Gasteiger partial charge in [-0.25, -0.2) is 0 Å². The van der Waals surface area contributed by atoms with E-state index in [9.17, 15) is 0 Å². The fourth-order valence-electron chi connectivity index (χ4n) is 5.57. The molecule has 0 spiro atoms. The molecule has 0 unspecified atom stereocenters. The summed E-state index contributed by atoms with van der Waals surface area (Å²) in [4.78, 5) is 4.78. The molecule has 0 amide bonds. The standard InChI is InChI=1S/C29H25N/c1-18-5-3-6-19(2)27(18)24-13-14-30-26(17-24)25-15-22-11-9-20-7-4-8-21-10-12-23(16-25)29(22)28(20)21/h3-8,13-17H,9-12H2,1-2H3. The molecule has 6 rings (SSSR count). The van der Waals surface area contributed by atoms with Gasteiger partial charge in [-0.2, -0.15) is 0 Å². The average molecular weight is 388 g/mol. The predicted octanol–water partition coefficient (Wildman–Crippen LogP) is 6.90. The highest BCUT2D eigenvalue weighted by molar-refractivity contribution is 5.84. The molecule has 0 aliphatic heterocycles. The maximum Gasteiger partial charge on any atom is 0.0708 e. The number of hydrogen-bond donors (Lipinski definition) is 0. The van der Waals surface area contributed by atoms with Gasteiger partial charge in [0.2, 0.25) is 0 Å². The Morgan fingerprint density at radius 1 is 0.567 bits per heavy atom. The summed E-state index contributed by atoms with van der Waals surface area (Å²) < 4.78 is 0. The molecule has 146 valence electrons. The minimum absolute atomic E-state index is 1.08. The van der Waals surface area contributed by atoms with Gasteiger partial charge in [0.25, 0.3) is 0 Å². The molecule has 1 nitrogen and oxygen atoms in total. The van der Waals surface area contributed by atoms with E-state index >= 15 is 0 Å². The molecule has 2 aliphatic carbocycles. The first-order valence-electron chi connectivity index (χ1n) is 11.0. The van der Waals surface area contributed by atoms with Crippen LogP contribution in [0.15, 0.2) is 66.9 Å². The Hall–Kier alpha value is -3.19. The van der Waals surface area contributed by atoms with Crippen molar-refractivity contribution in [3.8, 4) is 33.5 Å². The number of nitrogens with zero attached hydrogens (tertiary/aromatic N) is 1. The molecule has 0 N–H and O–H groups in total. The van der Waals surface area contributed by atoms with Crippen LogP contribution < -0.4 is 0 Å². The Morgan fingerprint density at radius 3 is 1.80 bits per heavy atom. The van der Waals surface area contributed by atoms with Crippen molar-refractivity contribution in [3.63, 3.8) is 0 Å². The van der Waals surface area contributed by atoms with Crippen molar-refractivity contribution < 1.29 is 0 Å². The van der Waals surface area contributed by atoms with Crippen LogP contribution in [0.2, 0.25) is 0 Å². The molecular weight excluding hydrogens is 362 g/mol. The number of benzene rings is 3. The molecule has 2 aliphatic rings. The van der Waals surface area contributed by atoms with Crippen LogP contribution in [0.25, 0.3) is 33.5 Å². The molecule has 0 saturated heterocycles. The number of pyridine rings is 1. The first-order valence-corrected chi connectivity index (χ1v) is 11.0. The third-order valence-electron chi connectivity index (χ3n) is 6.94. The molecule has 3 aromatic carbocycles. The van der Waals surface area contributed by atoms with Gasteiger partial charge in [0.1, 0.15) is 0 Å². The van der Waals surface area contributed by atoms with Crippen molar-refractivity contribution in [2.24, 2.45) is 0 Å². The Morgan fingerprint density at radius 2 is 1.13 bits per heavy atom. The van der Waals surface area contributed by atoms with E-state index in [1.54, 1.807) is 0 Å². The first kappa shape index (κ1) is 17.7. The van der Waals surface area contributed by atoms with Gasteiger partial charge in [-0.3, -0.25) is 4.98 Å². The highest BCUT2D eigenvalue weighted by atomic mass is 14.7. The van der Waals surface area contributed by atoms with Gasteiger partial charge in [-0.15, -0.1) is 0 Å². The van der Waals surface area contributed by atoms with E-state index < -0.39 is 0 Å². The molecule has 1 aromatic heterocycles. The van der Waals surface area contributed by atoms with E-state index in [-0.39, 0.29) is 0 Å². The molecule has 0 atom stereocenters. The fraction of sp³-hybridized carbons (Fsp3) is 0.207. The van der Waals surface area contributed by atoms with Crippen LogP contribution in [0.4, 0.5) is 0 Å². The lowest BCUT2D eigenvalue weighted by Gasteiger charge is -2.30. The van der Waals surface area contributed by atoms with Crippen molar-refractivity contribution >= 4 is 0 Å². The zero-order valence-electron chi connectivity index (χ0n) is 17.6. The van der Waals surface area contributed by atoms with Gasteiger partial charge in [0.15, 0.2) is 0 Å². The van der Waals surface area contributed by atoms with Gasteiger partial charge < -0.3 is 0 Å². The molecule has 0 fully saturated rings. The van der Waals surface area contributed by atoms with Gasteiger partial charge >= 0.3 is 0 Å². The molecule has 1 heterocycles. The lowest BCUT2D eigenvalue weighted by atomic mass is 9.75. The molecule has 30 heavy (non-hydrogen) atoms. The zero-order chi connectivity index (χ0) is 20.2. The number of hydrogen-bond acceptors (Lipinski definition) is 1. The Labute approximate surface area is 178 Å². The maximum absolute atomic E-state index is 4.78. The molecule has 4 aromatic rings. The fourth-order valence-corrected chi connectivity index (χ4v) is 5.57. The molecule has 1 heteroatoms. The monoisotopic (exact) mass is 387 g/mol. The molecular formula is C29H25N. The summed E-state index contributed by atoms with van der Waals surface area (Å²) >= 11 is 0. The predicted molar refractivity (Wildman–Crippen MR) is 125 cm³/mol. The Kier molecular flexibility index (Phi) is 3.92. The smallest absolute Gasteiger partial charge is 0.0708 e. The van der Waals surface area contributed by atoms with Crippen LogP contribution in [0.5, 0.6) is 0 Å². The highest BCUT2D eigenvalue weighted by Gasteiger charge is 2.26. The van der Waals surface area contributed by atoms with E-state index in [1.807, 2.05) is 6.20 Å². The van der Waals surface area contributed by atoms with Gasteiger partial charge in [-0.1, -0.05) is 36.4 Å². The SMILES string of the molecule is Cc1cccc(C)c1-c1ccnc(-c2cc3c4c(c2)CCc2cccc(c2-4)CC3)c1. The van der Waals surface area contributed by atoms with Crippen LogP contribution in [0, 0.1) is 13.8 Å². The highest BCUT2D eigenvalue weighted by Crippen LogP contribution is 2.44. The molecule has 0 bridgehead atoms. The lowest BCUT2D eigenvalue weighted by molar-refractivity contribution is 0.877.